The molecule has 8 heteroatoms. The van der Waals surface area contributed by atoms with Gasteiger partial charge in [-0.25, -0.2) is 17.5 Å². The van der Waals surface area contributed by atoms with Crippen LogP contribution < -0.4 is 4.72 Å². The monoisotopic (exact) mass is 354 g/mol. The first-order valence-corrected chi connectivity index (χ1v) is 9.28. The number of fused-ring (bicyclic) bond motifs is 1. The van der Waals surface area contributed by atoms with E-state index in [-0.39, 0.29) is 17.5 Å². The normalized spacial score (nSPS) is 16.7. The van der Waals surface area contributed by atoms with Gasteiger partial charge in [-0.3, -0.25) is 4.79 Å². The molecule has 2 aromatic rings. The molecular formula is C16H19FN2O4S. The van der Waals surface area contributed by atoms with Gasteiger partial charge in [-0.1, -0.05) is 0 Å². The fourth-order valence-electron chi connectivity index (χ4n) is 3.08. The fourth-order valence-corrected chi connectivity index (χ4v) is 4.24. The molecule has 0 spiro atoms. The Balaban J connectivity index is 1.80. The maximum Gasteiger partial charge on any atom is 0.289 e. The second kappa shape index (κ2) is 6.18. The Kier molecular flexibility index (Phi) is 4.35. The Hall–Kier alpha value is -1.93. The Morgan fingerprint density at radius 1 is 1.33 bits per heavy atom. The number of piperidine rings is 1. The number of furan rings is 1. The molecule has 1 fully saturated rings. The van der Waals surface area contributed by atoms with E-state index < -0.39 is 15.3 Å². The maximum atomic E-state index is 13.4. The number of nitrogens with one attached hydrogen (secondary N) is 1. The largest absolute Gasteiger partial charge is 0.451 e. The van der Waals surface area contributed by atoms with Gasteiger partial charge < -0.3 is 9.32 Å². The molecule has 6 nitrogen and oxygen atoms in total. The van der Waals surface area contributed by atoms with Crippen molar-refractivity contribution >= 4 is 26.9 Å². The molecule has 0 unspecified atom stereocenters. The number of nitrogens with zero attached hydrogens (tertiary/aromatic N) is 1. The molecule has 2 heterocycles. The lowest BCUT2D eigenvalue weighted by Crippen LogP contribution is -2.44. The minimum absolute atomic E-state index is 0.186. The Morgan fingerprint density at radius 2 is 2.00 bits per heavy atom. The van der Waals surface area contributed by atoms with Gasteiger partial charge in [0.2, 0.25) is 10.0 Å². The lowest BCUT2D eigenvalue weighted by molar-refractivity contribution is 0.0694. The lowest BCUT2D eigenvalue weighted by Gasteiger charge is -2.31. The number of benzene rings is 1. The van der Waals surface area contributed by atoms with Gasteiger partial charge in [0.15, 0.2) is 5.76 Å². The molecule has 1 aromatic heterocycles. The highest BCUT2D eigenvalue weighted by Crippen LogP contribution is 2.28. The summed E-state index contributed by atoms with van der Waals surface area (Å²) in [6.07, 6.45) is 0.756. The number of halogens is 1. The quantitative estimate of drug-likeness (QED) is 0.915. The van der Waals surface area contributed by atoms with E-state index in [1.54, 1.807) is 11.8 Å². The van der Waals surface area contributed by atoms with Gasteiger partial charge in [-0.2, -0.15) is 0 Å². The van der Waals surface area contributed by atoms with Gasteiger partial charge in [0.1, 0.15) is 11.4 Å². The molecular weight excluding hydrogens is 335 g/mol. The second-order valence-corrected chi connectivity index (χ2v) is 8.10. The number of sulfonamides is 1. The van der Waals surface area contributed by atoms with E-state index >= 15 is 0 Å². The summed E-state index contributed by atoms with van der Waals surface area (Å²) in [5.74, 6) is -0.488. The Bertz CT molecular complexity index is 883. The van der Waals surface area contributed by atoms with Crippen LogP contribution >= 0.6 is 0 Å². The highest BCUT2D eigenvalue weighted by atomic mass is 32.2. The molecule has 3 rings (SSSR count). The number of rotatable bonds is 3. The summed E-state index contributed by atoms with van der Waals surface area (Å²) in [5, 5.41) is 0.0865. The third-order valence-corrected chi connectivity index (χ3v) is 6.46. The van der Waals surface area contributed by atoms with Gasteiger partial charge in [0, 0.05) is 24.0 Å². The van der Waals surface area contributed by atoms with Crippen LogP contribution in [0.1, 0.15) is 29.0 Å². The highest BCUT2D eigenvalue weighted by molar-refractivity contribution is 7.90. The van der Waals surface area contributed by atoms with Crippen LogP contribution in [0.4, 0.5) is 4.39 Å². The van der Waals surface area contributed by atoms with Crippen molar-refractivity contribution in [2.75, 3.05) is 20.1 Å². The maximum absolute atomic E-state index is 13.4. The standard InChI is InChI=1S/C16H19FN2O4S/c1-10-13-9-11(17)3-4-14(13)23-15(10)16(20)19-7-5-12(6-8-19)24(21,22)18-2/h3-4,9,12,18H,5-8H2,1-2H3. The molecule has 1 aliphatic rings. The van der Waals surface area contributed by atoms with E-state index in [0.29, 0.717) is 42.5 Å². The van der Waals surface area contributed by atoms with Crippen molar-refractivity contribution in [2.24, 2.45) is 0 Å². The van der Waals surface area contributed by atoms with Crippen molar-refractivity contribution in [3.63, 3.8) is 0 Å². The van der Waals surface area contributed by atoms with E-state index in [4.69, 9.17) is 4.42 Å². The van der Waals surface area contributed by atoms with Crippen molar-refractivity contribution in [2.45, 2.75) is 25.0 Å². The number of likely N-dealkylation sites (tertiary alicyclic amines) is 1. The van der Waals surface area contributed by atoms with Gasteiger partial charge in [0.25, 0.3) is 5.91 Å². The molecule has 1 amide bonds. The van der Waals surface area contributed by atoms with Crippen molar-refractivity contribution < 1.29 is 22.0 Å². The van der Waals surface area contributed by atoms with Crippen LogP contribution in [-0.2, 0) is 10.0 Å². The topological polar surface area (TPSA) is 79.6 Å². The Labute approximate surface area is 139 Å². The number of hydrogen-bond donors (Lipinski definition) is 1. The minimum atomic E-state index is -3.32. The molecule has 1 aliphatic heterocycles. The van der Waals surface area contributed by atoms with E-state index in [2.05, 4.69) is 4.72 Å². The molecule has 24 heavy (non-hydrogen) atoms. The van der Waals surface area contributed by atoms with Crippen LogP contribution in [-0.4, -0.2) is 44.6 Å². The minimum Gasteiger partial charge on any atom is -0.451 e. The van der Waals surface area contributed by atoms with E-state index in [1.165, 1.54) is 25.2 Å². The summed E-state index contributed by atoms with van der Waals surface area (Å²) < 4.78 is 45.0. The molecule has 1 aromatic carbocycles. The molecule has 130 valence electrons. The summed E-state index contributed by atoms with van der Waals surface area (Å²) in [6, 6.07) is 4.13. The van der Waals surface area contributed by atoms with Crippen LogP contribution in [0.15, 0.2) is 22.6 Å². The van der Waals surface area contributed by atoms with Crippen LogP contribution in [0.5, 0.6) is 0 Å². The number of carbonyl (C=O) groups is 1. The predicted molar refractivity (Wildman–Crippen MR) is 87.8 cm³/mol. The van der Waals surface area contributed by atoms with E-state index in [0.717, 1.165) is 0 Å². The first-order valence-electron chi connectivity index (χ1n) is 7.74. The first-order chi connectivity index (χ1) is 11.3. The van der Waals surface area contributed by atoms with Gasteiger partial charge in [0.05, 0.1) is 5.25 Å². The summed E-state index contributed by atoms with van der Waals surface area (Å²) in [7, 11) is -1.93. The van der Waals surface area contributed by atoms with Crippen LogP contribution in [0.25, 0.3) is 11.0 Å². The summed E-state index contributed by atoms with van der Waals surface area (Å²) in [6.45, 7) is 2.40. The van der Waals surface area contributed by atoms with Crippen LogP contribution in [0.3, 0.4) is 0 Å². The summed E-state index contributed by atoms with van der Waals surface area (Å²) >= 11 is 0. The van der Waals surface area contributed by atoms with Crippen molar-refractivity contribution in [3.05, 3.63) is 35.3 Å². The van der Waals surface area contributed by atoms with Crippen LogP contribution in [0, 0.1) is 12.7 Å². The van der Waals surface area contributed by atoms with E-state index in [1.807, 2.05) is 0 Å². The molecule has 0 atom stereocenters. The first kappa shape index (κ1) is 16.9. The van der Waals surface area contributed by atoms with Crippen LogP contribution in [0.2, 0.25) is 0 Å². The zero-order valence-electron chi connectivity index (χ0n) is 13.5. The van der Waals surface area contributed by atoms with Gasteiger partial charge in [-0.15, -0.1) is 0 Å². The average Bonchev–Trinajstić information content (AvgIpc) is 2.91. The number of aryl methyl sites for hydroxylation is 1. The SMILES string of the molecule is CNS(=O)(=O)C1CCN(C(=O)c2oc3ccc(F)cc3c2C)CC1. The van der Waals surface area contributed by atoms with Gasteiger partial charge >= 0.3 is 0 Å². The molecule has 0 bridgehead atoms. The highest BCUT2D eigenvalue weighted by Gasteiger charge is 2.32. The third kappa shape index (κ3) is 2.91. The molecule has 1 N–H and O–H groups in total. The molecule has 0 aliphatic carbocycles. The third-order valence-electron chi connectivity index (χ3n) is 4.55. The zero-order valence-corrected chi connectivity index (χ0v) is 14.3. The van der Waals surface area contributed by atoms with Crippen molar-refractivity contribution in [3.8, 4) is 0 Å². The second-order valence-electron chi connectivity index (χ2n) is 5.94. The number of hydrogen-bond acceptors (Lipinski definition) is 4. The summed E-state index contributed by atoms with van der Waals surface area (Å²) in [4.78, 5) is 14.3. The fraction of sp³-hybridized carbons (Fsp3) is 0.438. The zero-order chi connectivity index (χ0) is 17.5. The predicted octanol–water partition coefficient (Wildman–Crippen LogP) is 2.03. The number of amides is 1. The smallest absolute Gasteiger partial charge is 0.289 e. The number of carbonyl (C=O) groups excluding carboxylic acids is 1. The van der Waals surface area contributed by atoms with Gasteiger partial charge in [-0.05, 0) is 45.0 Å². The molecule has 0 radical (unpaired) electrons. The average molecular weight is 354 g/mol. The lowest BCUT2D eigenvalue weighted by atomic mass is 10.1. The van der Waals surface area contributed by atoms with Crippen molar-refractivity contribution in [1.29, 1.82) is 0 Å². The molecule has 0 saturated carbocycles. The van der Waals surface area contributed by atoms with Crippen molar-refractivity contribution in [1.82, 2.24) is 9.62 Å². The Morgan fingerprint density at radius 3 is 2.62 bits per heavy atom. The van der Waals surface area contributed by atoms with E-state index in [9.17, 15) is 17.6 Å². The summed E-state index contributed by atoms with van der Waals surface area (Å²) in [5.41, 5.74) is 1.06. The molecule has 1 saturated heterocycles.